The zero-order valence-electron chi connectivity index (χ0n) is 17.2. The van der Waals surface area contributed by atoms with E-state index in [-0.39, 0.29) is 5.41 Å². The van der Waals surface area contributed by atoms with Crippen molar-refractivity contribution < 1.29 is 5.11 Å². The minimum absolute atomic E-state index is 0.268. The lowest BCUT2D eigenvalue weighted by Crippen LogP contribution is -2.24. The summed E-state index contributed by atoms with van der Waals surface area (Å²) in [5.41, 5.74) is 1.77. The van der Waals surface area contributed by atoms with Gasteiger partial charge in [-0.1, -0.05) is 85.9 Å². The summed E-state index contributed by atoms with van der Waals surface area (Å²) in [6.07, 6.45) is 7.45. The standard InChI is InChI=1S/C23H40O/c1-8-12-19(22(2,3)4)14-11-15-20(23(5,6)7)17-18-13-9-10-16-21(18)24/h9-10,13,16,19-20,24H,8,11-12,14-15,17H2,1-7H3. The van der Waals surface area contributed by atoms with E-state index in [0.29, 0.717) is 17.1 Å². The fraction of sp³-hybridized carbons (Fsp3) is 0.739. The van der Waals surface area contributed by atoms with Crippen LogP contribution < -0.4 is 0 Å². The summed E-state index contributed by atoms with van der Waals surface area (Å²) in [6.45, 7) is 16.5. The van der Waals surface area contributed by atoms with Gasteiger partial charge >= 0.3 is 0 Å². The molecule has 0 fully saturated rings. The molecule has 0 aliphatic rings. The molecule has 1 nitrogen and oxygen atoms in total. The lowest BCUT2D eigenvalue weighted by atomic mass is 9.72. The van der Waals surface area contributed by atoms with Crippen LogP contribution in [-0.4, -0.2) is 5.11 Å². The first-order chi connectivity index (χ1) is 11.1. The zero-order valence-corrected chi connectivity index (χ0v) is 17.2. The molecular weight excluding hydrogens is 292 g/mol. The monoisotopic (exact) mass is 332 g/mol. The molecule has 0 aliphatic carbocycles. The molecule has 0 radical (unpaired) electrons. The van der Waals surface area contributed by atoms with Crippen molar-refractivity contribution in [2.45, 2.75) is 87.0 Å². The SMILES string of the molecule is CCCC(CCCC(Cc1ccccc1O)C(C)(C)C)C(C)(C)C. The highest BCUT2D eigenvalue weighted by Gasteiger charge is 2.27. The first-order valence-electron chi connectivity index (χ1n) is 9.82. The third-order valence-corrected chi connectivity index (χ3v) is 5.65. The average Bonchev–Trinajstić information content (AvgIpc) is 2.45. The van der Waals surface area contributed by atoms with E-state index in [1.807, 2.05) is 18.2 Å². The Bertz CT molecular complexity index is 476. The van der Waals surface area contributed by atoms with Crippen LogP contribution >= 0.6 is 0 Å². The van der Waals surface area contributed by atoms with Gasteiger partial charge in [-0.15, -0.1) is 0 Å². The van der Waals surface area contributed by atoms with E-state index in [1.54, 1.807) is 0 Å². The number of para-hydroxylation sites is 1. The Morgan fingerprint density at radius 1 is 0.833 bits per heavy atom. The second kappa shape index (κ2) is 8.92. The van der Waals surface area contributed by atoms with Gasteiger partial charge < -0.3 is 5.11 Å². The molecule has 1 heteroatoms. The number of phenolic OH excluding ortho intramolecular Hbond substituents is 1. The number of hydrogen-bond donors (Lipinski definition) is 1. The van der Waals surface area contributed by atoms with Crippen molar-refractivity contribution in [2.24, 2.45) is 22.7 Å². The van der Waals surface area contributed by atoms with Crippen LogP contribution in [0.1, 0.15) is 86.1 Å². The van der Waals surface area contributed by atoms with Crippen molar-refractivity contribution in [1.29, 1.82) is 0 Å². The van der Waals surface area contributed by atoms with Crippen molar-refractivity contribution in [3.8, 4) is 5.75 Å². The predicted octanol–water partition coefficient (Wildman–Crippen LogP) is 7.23. The van der Waals surface area contributed by atoms with Gasteiger partial charge in [-0.3, -0.25) is 0 Å². The van der Waals surface area contributed by atoms with Gasteiger partial charge in [0.25, 0.3) is 0 Å². The van der Waals surface area contributed by atoms with Crippen LogP contribution in [0.15, 0.2) is 24.3 Å². The van der Waals surface area contributed by atoms with E-state index in [1.165, 1.54) is 32.1 Å². The van der Waals surface area contributed by atoms with E-state index in [0.717, 1.165) is 17.9 Å². The Hall–Kier alpha value is -0.980. The molecule has 2 unspecified atom stereocenters. The number of hydrogen-bond acceptors (Lipinski definition) is 1. The lowest BCUT2D eigenvalue weighted by Gasteiger charge is -2.34. The Labute approximate surface area is 150 Å². The minimum atomic E-state index is 0.268. The van der Waals surface area contributed by atoms with Gasteiger partial charge in [0.2, 0.25) is 0 Å². The second-order valence-corrected chi connectivity index (χ2v) is 9.68. The molecule has 2 atom stereocenters. The molecule has 0 bridgehead atoms. The van der Waals surface area contributed by atoms with E-state index < -0.39 is 0 Å². The van der Waals surface area contributed by atoms with E-state index in [9.17, 15) is 5.11 Å². The highest BCUT2D eigenvalue weighted by Crippen LogP contribution is 2.38. The van der Waals surface area contributed by atoms with Gasteiger partial charge in [0.1, 0.15) is 5.75 Å². The molecule has 1 aromatic rings. The van der Waals surface area contributed by atoms with Crippen molar-refractivity contribution in [3.05, 3.63) is 29.8 Å². The van der Waals surface area contributed by atoms with Crippen LogP contribution in [-0.2, 0) is 6.42 Å². The fourth-order valence-electron chi connectivity index (χ4n) is 3.76. The maximum Gasteiger partial charge on any atom is 0.118 e. The molecule has 0 amide bonds. The van der Waals surface area contributed by atoms with Crippen molar-refractivity contribution in [3.63, 3.8) is 0 Å². The summed E-state index contributed by atoms with van der Waals surface area (Å²) in [6, 6.07) is 7.82. The van der Waals surface area contributed by atoms with Gasteiger partial charge in [-0.05, 0) is 53.6 Å². The summed E-state index contributed by atoms with van der Waals surface area (Å²) in [4.78, 5) is 0. The number of aromatic hydroxyl groups is 1. The summed E-state index contributed by atoms with van der Waals surface area (Å²) >= 11 is 0. The second-order valence-electron chi connectivity index (χ2n) is 9.68. The molecule has 0 aliphatic heterocycles. The van der Waals surface area contributed by atoms with Gasteiger partial charge in [0.15, 0.2) is 0 Å². The van der Waals surface area contributed by atoms with E-state index in [2.05, 4.69) is 54.5 Å². The van der Waals surface area contributed by atoms with Crippen LogP contribution in [0.5, 0.6) is 5.75 Å². The zero-order chi connectivity index (χ0) is 18.4. The van der Waals surface area contributed by atoms with Crippen LogP contribution in [0.2, 0.25) is 0 Å². The molecule has 1 N–H and O–H groups in total. The molecule has 1 aromatic carbocycles. The Morgan fingerprint density at radius 2 is 1.38 bits per heavy atom. The number of phenols is 1. The average molecular weight is 333 g/mol. The van der Waals surface area contributed by atoms with E-state index in [4.69, 9.17) is 0 Å². The summed E-state index contributed by atoms with van der Waals surface area (Å²) in [7, 11) is 0. The molecule has 0 saturated heterocycles. The fourth-order valence-corrected chi connectivity index (χ4v) is 3.76. The lowest BCUT2D eigenvalue weighted by molar-refractivity contribution is 0.179. The van der Waals surface area contributed by atoms with Gasteiger partial charge in [-0.25, -0.2) is 0 Å². The molecule has 0 aromatic heterocycles. The summed E-state index contributed by atoms with van der Waals surface area (Å²) < 4.78 is 0. The normalized spacial score (nSPS) is 15.3. The first-order valence-corrected chi connectivity index (χ1v) is 9.82. The highest BCUT2D eigenvalue weighted by molar-refractivity contribution is 5.32. The third-order valence-electron chi connectivity index (χ3n) is 5.65. The smallest absolute Gasteiger partial charge is 0.118 e. The molecular formula is C23H40O. The molecule has 0 heterocycles. The van der Waals surface area contributed by atoms with Gasteiger partial charge in [0, 0.05) is 0 Å². The van der Waals surface area contributed by atoms with E-state index >= 15 is 0 Å². The number of benzene rings is 1. The third kappa shape index (κ3) is 6.87. The van der Waals surface area contributed by atoms with Crippen LogP contribution in [0.3, 0.4) is 0 Å². The molecule has 1 rings (SSSR count). The molecule has 0 saturated carbocycles. The Morgan fingerprint density at radius 3 is 1.88 bits per heavy atom. The van der Waals surface area contributed by atoms with Crippen molar-refractivity contribution in [2.75, 3.05) is 0 Å². The Kier molecular flexibility index (Phi) is 7.83. The molecule has 24 heavy (non-hydrogen) atoms. The van der Waals surface area contributed by atoms with Crippen LogP contribution in [0, 0.1) is 22.7 Å². The highest BCUT2D eigenvalue weighted by atomic mass is 16.3. The minimum Gasteiger partial charge on any atom is -0.508 e. The van der Waals surface area contributed by atoms with Gasteiger partial charge in [-0.2, -0.15) is 0 Å². The largest absolute Gasteiger partial charge is 0.508 e. The number of rotatable bonds is 8. The first kappa shape index (κ1) is 21.1. The van der Waals surface area contributed by atoms with Crippen LogP contribution in [0.4, 0.5) is 0 Å². The quantitative estimate of drug-likeness (QED) is 0.532. The summed E-state index contributed by atoms with van der Waals surface area (Å²) in [5, 5.41) is 10.1. The molecule has 138 valence electrons. The van der Waals surface area contributed by atoms with Crippen molar-refractivity contribution in [1.82, 2.24) is 0 Å². The molecule has 0 spiro atoms. The maximum atomic E-state index is 10.1. The topological polar surface area (TPSA) is 20.2 Å². The van der Waals surface area contributed by atoms with Gasteiger partial charge in [0.05, 0.1) is 0 Å². The summed E-state index contributed by atoms with van der Waals surface area (Å²) in [5.74, 6) is 1.87. The van der Waals surface area contributed by atoms with Crippen molar-refractivity contribution >= 4 is 0 Å². The maximum absolute atomic E-state index is 10.1. The predicted molar refractivity (Wildman–Crippen MR) is 106 cm³/mol. The Balaban J connectivity index is 2.69. The van der Waals surface area contributed by atoms with Crippen LogP contribution in [0.25, 0.3) is 0 Å².